The third kappa shape index (κ3) is 5.35. The van der Waals surface area contributed by atoms with Gasteiger partial charge in [0.15, 0.2) is 11.0 Å². The molecule has 2 aromatic heterocycles. The number of furan rings is 1. The van der Waals surface area contributed by atoms with Gasteiger partial charge in [0, 0.05) is 12.1 Å². The van der Waals surface area contributed by atoms with Crippen molar-refractivity contribution >= 4 is 29.0 Å². The zero-order valence-corrected chi connectivity index (χ0v) is 20.1. The van der Waals surface area contributed by atoms with Crippen molar-refractivity contribution in [2.24, 2.45) is 0 Å². The molecule has 0 fully saturated rings. The minimum Gasteiger partial charge on any atom is -0.496 e. The number of anilines is 1. The zero-order chi connectivity index (χ0) is 24.9. The Hall–Kier alpha value is -4.12. The van der Waals surface area contributed by atoms with Crippen LogP contribution < -0.4 is 10.1 Å². The van der Waals surface area contributed by atoms with Gasteiger partial charge in [0.1, 0.15) is 11.5 Å². The summed E-state index contributed by atoms with van der Waals surface area (Å²) >= 11 is 1.23. The maximum atomic E-state index is 13.0. The quantitative estimate of drug-likeness (QED) is 0.198. The number of carbonyl (C=O) groups excluding carboxylic acids is 1. The number of hydrogen-bond donors (Lipinski definition) is 1. The summed E-state index contributed by atoms with van der Waals surface area (Å²) in [5.74, 6) is 1.60. The van der Waals surface area contributed by atoms with Crippen LogP contribution in [0.1, 0.15) is 18.2 Å². The first-order valence-corrected chi connectivity index (χ1v) is 11.6. The van der Waals surface area contributed by atoms with Gasteiger partial charge in [-0.2, -0.15) is 0 Å². The van der Waals surface area contributed by atoms with Crippen LogP contribution in [0.3, 0.4) is 0 Å². The van der Waals surface area contributed by atoms with Gasteiger partial charge < -0.3 is 14.5 Å². The molecule has 180 valence electrons. The van der Waals surface area contributed by atoms with E-state index in [1.54, 1.807) is 39.4 Å². The molecule has 11 heteroatoms. The zero-order valence-electron chi connectivity index (χ0n) is 19.3. The number of ether oxygens (including phenoxy) is 1. The topological polar surface area (TPSA) is 125 Å². The van der Waals surface area contributed by atoms with E-state index in [1.807, 2.05) is 34.9 Å². The van der Waals surface area contributed by atoms with Crippen molar-refractivity contribution in [1.82, 2.24) is 14.8 Å². The van der Waals surface area contributed by atoms with E-state index >= 15 is 0 Å². The van der Waals surface area contributed by atoms with Crippen LogP contribution in [0.25, 0.3) is 11.4 Å². The van der Waals surface area contributed by atoms with Crippen LogP contribution in [0, 0.1) is 17.0 Å². The van der Waals surface area contributed by atoms with Crippen molar-refractivity contribution in [3.05, 3.63) is 82.3 Å². The second-order valence-corrected chi connectivity index (χ2v) is 8.99. The SMILES string of the molecule is COc1ccccc1-c1nnc(S[C@H](C)C(=O)Nc2cc([N+](=O)[O-])ccc2C)n1Cc1ccco1. The van der Waals surface area contributed by atoms with Gasteiger partial charge in [-0.1, -0.05) is 30.0 Å². The third-order valence-corrected chi connectivity index (χ3v) is 6.38. The molecular formula is C24H23N5O5S. The molecule has 10 nitrogen and oxygen atoms in total. The summed E-state index contributed by atoms with van der Waals surface area (Å²) in [5, 5.41) is 22.6. The van der Waals surface area contributed by atoms with Gasteiger partial charge in [0.25, 0.3) is 5.69 Å². The largest absolute Gasteiger partial charge is 0.496 e. The van der Waals surface area contributed by atoms with Gasteiger partial charge in [-0.15, -0.1) is 10.2 Å². The number of carbonyl (C=O) groups is 1. The van der Waals surface area contributed by atoms with Crippen molar-refractivity contribution in [2.75, 3.05) is 12.4 Å². The molecule has 1 atom stereocenters. The molecular weight excluding hydrogens is 470 g/mol. The molecule has 0 aliphatic rings. The summed E-state index contributed by atoms with van der Waals surface area (Å²) in [7, 11) is 1.59. The van der Waals surface area contributed by atoms with Crippen LogP contribution in [0.15, 0.2) is 70.4 Å². The second kappa shape index (κ2) is 10.4. The molecule has 0 aliphatic carbocycles. The van der Waals surface area contributed by atoms with Gasteiger partial charge >= 0.3 is 0 Å². The highest BCUT2D eigenvalue weighted by Crippen LogP contribution is 2.33. The Morgan fingerprint density at radius 2 is 2.03 bits per heavy atom. The number of nitrogens with one attached hydrogen (secondary N) is 1. The molecule has 0 radical (unpaired) electrons. The van der Waals surface area contributed by atoms with Gasteiger partial charge in [0.05, 0.1) is 41.3 Å². The minimum absolute atomic E-state index is 0.0918. The number of aromatic nitrogens is 3. The first-order chi connectivity index (χ1) is 16.9. The average molecular weight is 494 g/mol. The molecule has 0 unspecified atom stereocenters. The number of nitro groups is 1. The molecule has 0 spiro atoms. The van der Waals surface area contributed by atoms with Gasteiger partial charge in [-0.3, -0.25) is 19.5 Å². The van der Waals surface area contributed by atoms with Gasteiger partial charge in [0.2, 0.25) is 5.91 Å². The standard InChI is InChI=1S/C24H23N5O5S/c1-15-10-11-17(29(31)32)13-20(15)25-23(30)16(2)35-24-27-26-22(19-8-4-5-9-21(19)33-3)28(24)14-18-7-6-12-34-18/h4-13,16H,14H2,1-3H3,(H,25,30)/t16-/m1/s1. The van der Waals surface area contributed by atoms with E-state index in [2.05, 4.69) is 15.5 Å². The van der Waals surface area contributed by atoms with E-state index in [0.29, 0.717) is 34.7 Å². The average Bonchev–Trinajstić information content (AvgIpc) is 3.51. The number of nitrogens with zero attached hydrogens (tertiary/aromatic N) is 4. The van der Waals surface area contributed by atoms with E-state index in [1.165, 1.54) is 23.9 Å². The summed E-state index contributed by atoms with van der Waals surface area (Å²) in [5.41, 5.74) is 1.78. The summed E-state index contributed by atoms with van der Waals surface area (Å²) in [6.45, 7) is 3.87. The predicted molar refractivity (Wildman–Crippen MR) is 132 cm³/mol. The van der Waals surface area contributed by atoms with Crippen LogP contribution in [-0.2, 0) is 11.3 Å². The number of hydrogen-bond acceptors (Lipinski definition) is 8. The number of thioether (sulfide) groups is 1. The normalized spacial score (nSPS) is 11.7. The molecule has 0 aliphatic heterocycles. The van der Waals surface area contributed by atoms with Crippen LogP contribution in [0.2, 0.25) is 0 Å². The minimum atomic E-state index is -0.571. The first kappa shape index (κ1) is 24.0. The van der Waals surface area contributed by atoms with Crippen LogP contribution in [0.5, 0.6) is 5.75 Å². The van der Waals surface area contributed by atoms with E-state index in [0.717, 1.165) is 11.1 Å². The fourth-order valence-electron chi connectivity index (χ4n) is 3.41. The Balaban J connectivity index is 1.61. The Morgan fingerprint density at radius 1 is 1.23 bits per heavy atom. The van der Waals surface area contributed by atoms with Crippen molar-refractivity contribution in [3.8, 4) is 17.1 Å². The van der Waals surface area contributed by atoms with E-state index < -0.39 is 10.2 Å². The Kier molecular flexibility index (Phi) is 7.16. The highest BCUT2D eigenvalue weighted by Gasteiger charge is 2.23. The van der Waals surface area contributed by atoms with Crippen molar-refractivity contribution in [2.45, 2.75) is 30.8 Å². The Labute approximate surface area is 205 Å². The maximum absolute atomic E-state index is 13.0. The molecule has 2 aromatic carbocycles. The summed E-state index contributed by atoms with van der Waals surface area (Å²) in [4.78, 5) is 23.6. The molecule has 0 saturated heterocycles. The molecule has 1 amide bonds. The van der Waals surface area contributed by atoms with Crippen LogP contribution in [0.4, 0.5) is 11.4 Å². The smallest absolute Gasteiger partial charge is 0.271 e. The van der Waals surface area contributed by atoms with Gasteiger partial charge in [-0.05, 0) is 43.7 Å². The number of benzene rings is 2. The number of rotatable bonds is 9. The third-order valence-electron chi connectivity index (χ3n) is 5.30. The molecule has 1 N–H and O–H groups in total. The lowest BCUT2D eigenvalue weighted by Gasteiger charge is -2.15. The molecule has 4 aromatic rings. The number of aryl methyl sites for hydroxylation is 1. The summed E-state index contributed by atoms with van der Waals surface area (Å²) in [6, 6.07) is 15.5. The van der Waals surface area contributed by atoms with E-state index in [4.69, 9.17) is 9.15 Å². The summed E-state index contributed by atoms with van der Waals surface area (Å²) < 4.78 is 12.9. The Morgan fingerprint density at radius 3 is 2.74 bits per heavy atom. The predicted octanol–water partition coefficient (Wildman–Crippen LogP) is 4.93. The van der Waals surface area contributed by atoms with Crippen molar-refractivity contribution in [1.29, 1.82) is 0 Å². The Bertz CT molecular complexity index is 1350. The lowest BCUT2D eigenvalue weighted by atomic mass is 10.2. The molecule has 2 heterocycles. The highest BCUT2D eigenvalue weighted by atomic mass is 32.2. The molecule has 0 bridgehead atoms. The monoisotopic (exact) mass is 493 g/mol. The van der Waals surface area contributed by atoms with E-state index in [9.17, 15) is 14.9 Å². The highest BCUT2D eigenvalue weighted by molar-refractivity contribution is 8.00. The lowest BCUT2D eigenvalue weighted by molar-refractivity contribution is -0.384. The summed E-state index contributed by atoms with van der Waals surface area (Å²) in [6.07, 6.45) is 1.59. The van der Waals surface area contributed by atoms with Crippen molar-refractivity contribution < 1.29 is 18.9 Å². The number of non-ortho nitro benzene ring substituents is 1. The van der Waals surface area contributed by atoms with Crippen LogP contribution >= 0.6 is 11.8 Å². The lowest BCUT2D eigenvalue weighted by Crippen LogP contribution is -2.23. The molecule has 0 saturated carbocycles. The number of para-hydroxylation sites is 1. The second-order valence-electron chi connectivity index (χ2n) is 7.68. The van der Waals surface area contributed by atoms with Crippen molar-refractivity contribution in [3.63, 3.8) is 0 Å². The fourth-order valence-corrected chi connectivity index (χ4v) is 4.26. The van der Waals surface area contributed by atoms with Crippen LogP contribution in [-0.4, -0.2) is 38.0 Å². The fraction of sp³-hybridized carbons (Fsp3) is 0.208. The van der Waals surface area contributed by atoms with Gasteiger partial charge in [-0.25, -0.2) is 0 Å². The molecule has 4 rings (SSSR count). The maximum Gasteiger partial charge on any atom is 0.271 e. The number of methoxy groups -OCH3 is 1. The number of amides is 1. The molecule has 35 heavy (non-hydrogen) atoms. The van der Waals surface area contributed by atoms with E-state index in [-0.39, 0.29) is 11.6 Å². The first-order valence-electron chi connectivity index (χ1n) is 10.7. The number of nitro benzene ring substituents is 1.